The maximum atomic E-state index is 11.9. The number of hydrogen-bond donors (Lipinski definition) is 3. The first-order valence-electron chi connectivity index (χ1n) is 7.97. The molecule has 0 heterocycles. The largest absolute Gasteiger partial charge is 0.460 e. The van der Waals surface area contributed by atoms with E-state index in [0.29, 0.717) is 6.42 Å². The molecule has 8 nitrogen and oxygen atoms in total. The highest BCUT2D eigenvalue weighted by Gasteiger charge is 2.24. The zero-order chi connectivity index (χ0) is 20.5. The standard InChI is InChI=1S/C15H26Cl3N3O5/c1-9(21-13(24)26-14(2,3)4)11(22)20-7-5-6-10(19)12(23)25-8-15(16,17)18/h9-10H,5-8,19H2,1-4H3,(H,20,22)(H,21,24). The average molecular weight is 435 g/mol. The predicted octanol–water partition coefficient (Wildman–Crippen LogP) is 2.04. The zero-order valence-electron chi connectivity index (χ0n) is 15.2. The van der Waals surface area contributed by atoms with E-state index < -0.39 is 40.1 Å². The van der Waals surface area contributed by atoms with Crippen LogP contribution in [0, 0.1) is 0 Å². The molecule has 11 heteroatoms. The SMILES string of the molecule is CC(NC(=O)OC(C)(C)C)C(=O)NCCCC(N)C(=O)OCC(Cl)(Cl)Cl. The summed E-state index contributed by atoms with van der Waals surface area (Å²) >= 11 is 16.4. The van der Waals surface area contributed by atoms with Crippen LogP contribution in [0.4, 0.5) is 4.79 Å². The number of nitrogens with one attached hydrogen (secondary N) is 2. The number of carbonyl (C=O) groups is 3. The van der Waals surface area contributed by atoms with Gasteiger partial charge in [-0.15, -0.1) is 0 Å². The summed E-state index contributed by atoms with van der Waals surface area (Å²) in [5.41, 5.74) is 5.01. The number of ether oxygens (including phenoxy) is 2. The number of rotatable bonds is 8. The van der Waals surface area contributed by atoms with Crippen LogP contribution in [0.2, 0.25) is 0 Å². The topological polar surface area (TPSA) is 120 Å². The Kier molecular flexibility index (Phi) is 10.6. The third-order valence-corrected chi connectivity index (χ3v) is 3.13. The molecule has 0 rings (SSSR count). The third-order valence-electron chi connectivity index (χ3n) is 2.80. The Morgan fingerprint density at radius 3 is 2.23 bits per heavy atom. The Morgan fingerprint density at radius 1 is 1.15 bits per heavy atom. The van der Waals surface area contributed by atoms with Crippen molar-refractivity contribution >= 4 is 52.8 Å². The lowest BCUT2D eigenvalue weighted by Gasteiger charge is -2.21. The normalized spacial score (nSPS) is 14.2. The summed E-state index contributed by atoms with van der Waals surface area (Å²) in [4.78, 5) is 35.1. The van der Waals surface area contributed by atoms with Crippen molar-refractivity contribution in [3.05, 3.63) is 0 Å². The van der Waals surface area contributed by atoms with Gasteiger partial charge in [-0.2, -0.15) is 0 Å². The van der Waals surface area contributed by atoms with Crippen LogP contribution in [-0.4, -0.2) is 52.6 Å². The first-order valence-corrected chi connectivity index (χ1v) is 9.11. The molecule has 0 spiro atoms. The molecule has 0 bridgehead atoms. The molecule has 0 fully saturated rings. The van der Waals surface area contributed by atoms with Gasteiger partial charge in [0.1, 0.15) is 24.3 Å². The number of amides is 2. The molecule has 0 aliphatic carbocycles. The second-order valence-corrected chi connectivity index (χ2v) is 9.15. The number of halogens is 3. The van der Waals surface area contributed by atoms with Crippen molar-refractivity contribution < 1.29 is 23.9 Å². The molecule has 2 amide bonds. The first-order chi connectivity index (χ1) is 11.7. The van der Waals surface area contributed by atoms with Crippen LogP contribution in [0.1, 0.15) is 40.5 Å². The molecule has 0 aliphatic rings. The molecule has 0 saturated carbocycles. The predicted molar refractivity (Wildman–Crippen MR) is 100 cm³/mol. The summed E-state index contributed by atoms with van der Waals surface area (Å²) in [6.07, 6.45) is 0.0146. The molecule has 0 aromatic carbocycles. The van der Waals surface area contributed by atoms with Gasteiger partial charge in [0, 0.05) is 6.54 Å². The van der Waals surface area contributed by atoms with E-state index in [-0.39, 0.29) is 18.9 Å². The maximum absolute atomic E-state index is 11.9. The Labute approximate surface area is 168 Å². The van der Waals surface area contributed by atoms with Crippen LogP contribution < -0.4 is 16.4 Å². The van der Waals surface area contributed by atoms with E-state index in [2.05, 4.69) is 10.6 Å². The van der Waals surface area contributed by atoms with Crippen molar-refractivity contribution in [3.63, 3.8) is 0 Å². The summed E-state index contributed by atoms with van der Waals surface area (Å²) < 4.78 is 8.13. The van der Waals surface area contributed by atoms with E-state index in [4.69, 9.17) is 50.0 Å². The lowest BCUT2D eigenvalue weighted by Crippen LogP contribution is -2.46. The fourth-order valence-electron chi connectivity index (χ4n) is 1.61. The minimum Gasteiger partial charge on any atom is -0.460 e. The minimum absolute atomic E-state index is 0.268. The highest BCUT2D eigenvalue weighted by Crippen LogP contribution is 2.26. The highest BCUT2D eigenvalue weighted by molar-refractivity contribution is 6.67. The van der Waals surface area contributed by atoms with Crippen molar-refractivity contribution in [2.45, 2.75) is 62.0 Å². The number of alkyl carbamates (subject to hydrolysis) is 1. The molecule has 2 atom stereocenters. The Hall–Kier alpha value is -0.960. The molecular formula is C15H26Cl3N3O5. The first kappa shape index (κ1) is 25.0. The lowest BCUT2D eigenvalue weighted by molar-refractivity contribution is -0.145. The van der Waals surface area contributed by atoms with Crippen LogP contribution in [0.5, 0.6) is 0 Å². The summed E-state index contributed by atoms with van der Waals surface area (Å²) in [7, 11) is 0. The fourth-order valence-corrected chi connectivity index (χ4v) is 1.78. The average Bonchev–Trinajstić information content (AvgIpc) is 2.45. The molecule has 0 radical (unpaired) electrons. The smallest absolute Gasteiger partial charge is 0.408 e. The molecule has 2 unspecified atom stereocenters. The second-order valence-electron chi connectivity index (χ2n) is 6.63. The minimum atomic E-state index is -1.69. The van der Waals surface area contributed by atoms with Gasteiger partial charge in [-0.3, -0.25) is 9.59 Å². The number of alkyl halides is 3. The van der Waals surface area contributed by atoms with E-state index in [1.165, 1.54) is 6.92 Å². The molecule has 0 saturated heterocycles. The number of nitrogens with two attached hydrogens (primary N) is 1. The molecule has 4 N–H and O–H groups in total. The number of hydrogen-bond acceptors (Lipinski definition) is 6. The summed E-state index contributed by atoms with van der Waals surface area (Å²) in [5.74, 6) is -1.08. The van der Waals surface area contributed by atoms with E-state index >= 15 is 0 Å². The maximum Gasteiger partial charge on any atom is 0.408 e. The van der Waals surface area contributed by atoms with Crippen LogP contribution in [0.3, 0.4) is 0 Å². The number of esters is 1. The van der Waals surface area contributed by atoms with E-state index in [9.17, 15) is 14.4 Å². The van der Waals surface area contributed by atoms with Crippen LogP contribution in [0.25, 0.3) is 0 Å². The molecule has 26 heavy (non-hydrogen) atoms. The quantitative estimate of drug-likeness (QED) is 0.305. The van der Waals surface area contributed by atoms with Gasteiger partial charge in [-0.1, -0.05) is 34.8 Å². The monoisotopic (exact) mass is 433 g/mol. The van der Waals surface area contributed by atoms with Crippen molar-refractivity contribution in [2.75, 3.05) is 13.2 Å². The van der Waals surface area contributed by atoms with E-state index in [1.54, 1.807) is 20.8 Å². The highest BCUT2D eigenvalue weighted by atomic mass is 35.6. The van der Waals surface area contributed by atoms with Crippen LogP contribution >= 0.6 is 34.8 Å². The number of carbonyl (C=O) groups excluding carboxylic acids is 3. The van der Waals surface area contributed by atoms with Crippen molar-refractivity contribution in [1.29, 1.82) is 0 Å². The summed E-state index contributed by atoms with van der Waals surface area (Å²) in [6, 6.07) is -1.66. The summed E-state index contributed by atoms with van der Waals surface area (Å²) in [5, 5.41) is 5.05. The zero-order valence-corrected chi connectivity index (χ0v) is 17.5. The molecular weight excluding hydrogens is 409 g/mol. The van der Waals surface area contributed by atoms with Gasteiger partial charge in [0.25, 0.3) is 0 Å². The van der Waals surface area contributed by atoms with Gasteiger partial charge in [0.2, 0.25) is 9.70 Å². The van der Waals surface area contributed by atoms with Gasteiger partial charge in [-0.05, 0) is 40.5 Å². The van der Waals surface area contributed by atoms with Gasteiger partial charge < -0.3 is 25.8 Å². The van der Waals surface area contributed by atoms with Gasteiger partial charge >= 0.3 is 12.1 Å². The third kappa shape index (κ3) is 13.3. The molecule has 0 aromatic rings. The van der Waals surface area contributed by atoms with Crippen molar-refractivity contribution in [3.8, 4) is 0 Å². The molecule has 0 aromatic heterocycles. The van der Waals surface area contributed by atoms with Gasteiger partial charge in [-0.25, -0.2) is 4.79 Å². The van der Waals surface area contributed by atoms with Crippen LogP contribution in [-0.2, 0) is 19.1 Å². The Morgan fingerprint density at radius 2 is 1.73 bits per heavy atom. The fraction of sp³-hybridized carbons (Fsp3) is 0.800. The van der Waals surface area contributed by atoms with E-state index in [0.717, 1.165) is 0 Å². The Balaban J connectivity index is 4.03. The van der Waals surface area contributed by atoms with Crippen molar-refractivity contribution in [2.24, 2.45) is 5.73 Å². The Bertz CT molecular complexity index is 492. The molecule has 152 valence electrons. The van der Waals surface area contributed by atoms with Gasteiger partial charge in [0.05, 0.1) is 0 Å². The second kappa shape index (κ2) is 11.0. The van der Waals surface area contributed by atoms with E-state index in [1.807, 2.05) is 0 Å². The van der Waals surface area contributed by atoms with Gasteiger partial charge in [0.15, 0.2) is 0 Å². The molecule has 0 aliphatic heterocycles. The van der Waals surface area contributed by atoms with Crippen molar-refractivity contribution in [1.82, 2.24) is 10.6 Å². The summed E-state index contributed by atoms with van der Waals surface area (Å²) in [6.45, 7) is 6.56. The lowest BCUT2D eigenvalue weighted by atomic mass is 10.1. The van der Waals surface area contributed by atoms with Crippen LogP contribution in [0.15, 0.2) is 0 Å².